The van der Waals surface area contributed by atoms with Crippen molar-refractivity contribution >= 4 is 34.1 Å². The lowest BCUT2D eigenvalue weighted by molar-refractivity contribution is 0.102. The molecule has 3 aromatic carbocycles. The Morgan fingerprint density at radius 1 is 0.867 bits per heavy atom. The summed E-state index contributed by atoms with van der Waals surface area (Å²) in [4.78, 5) is 12.8. The number of hydrogen-bond donors (Lipinski definition) is 0. The van der Waals surface area contributed by atoms with Gasteiger partial charge in [0.25, 0.3) is 0 Å². The molecule has 146 valence electrons. The fourth-order valence-corrected chi connectivity index (χ4v) is 4.51. The van der Waals surface area contributed by atoms with Crippen LogP contribution in [0.25, 0.3) is 27.7 Å². The second kappa shape index (κ2) is 7.76. The maximum absolute atomic E-state index is 12.8. The van der Waals surface area contributed by atoms with E-state index in [-0.39, 0.29) is 5.78 Å². The first-order valence-corrected chi connectivity index (χ1v) is 10.7. The van der Waals surface area contributed by atoms with Crippen molar-refractivity contribution in [1.82, 2.24) is 14.6 Å². The number of Topliss-reactive ketones (excluding diaryl/α,β-unsaturated/α-hetero) is 1. The van der Waals surface area contributed by atoms with E-state index in [1.807, 2.05) is 65.1 Å². The molecular weight excluding hydrogens is 390 g/mol. The molecule has 0 saturated heterocycles. The number of para-hydroxylation sites is 1. The second-order valence-electron chi connectivity index (χ2n) is 7.18. The molecule has 30 heavy (non-hydrogen) atoms. The second-order valence-corrected chi connectivity index (χ2v) is 8.12. The topological polar surface area (TPSA) is 47.3 Å². The number of ketones is 1. The van der Waals surface area contributed by atoms with Gasteiger partial charge in [0, 0.05) is 10.9 Å². The van der Waals surface area contributed by atoms with E-state index in [0.29, 0.717) is 11.3 Å². The number of rotatable bonds is 5. The van der Waals surface area contributed by atoms with Gasteiger partial charge in [-0.3, -0.25) is 9.20 Å². The first-order valence-electron chi connectivity index (χ1n) is 9.76. The number of aryl methyl sites for hydroxylation is 1. The molecule has 0 unspecified atom stereocenters. The summed E-state index contributed by atoms with van der Waals surface area (Å²) in [6.07, 6.45) is 0. The summed E-state index contributed by atoms with van der Waals surface area (Å²) in [6.45, 7) is 2.08. The van der Waals surface area contributed by atoms with Gasteiger partial charge in [0.15, 0.2) is 16.6 Å². The van der Waals surface area contributed by atoms with Gasteiger partial charge in [-0.05, 0) is 35.7 Å². The predicted molar refractivity (Wildman–Crippen MR) is 122 cm³/mol. The normalized spacial score (nSPS) is 11.2. The molecule has 2 heterocycles. The van der Waals surface area contributed by atoms with E-state index in [9.17, 15) is 4.79 Å². The lowest BCUT2D eigenvalue weighted by Gasteiger charge is -2.07. The average Bonchev–Trinajstić information content (AvgIpc) is 3.21. The molecule has 0 fully saturated rings. The van der Waals surface area contributed by atoms with Crippen LogP contribution in [0, 0.1) is 6.92 Å². The van der Waals surface area contributed by atoms with Crippen LogP contribution in [-0.4, -0.2) is 26.1 Å². The molecule has 2 aromatic heterocycles. The Hall–Kier alpha value is -3.44. The van der Waals surface area contributed by atoms with Gasteiger partial charge in [0.05, 0.1) is 11.3 Å². The molecule has 0 bridgehead atoms. The Morgan fingerprint density at radius 2 is 1.57 bits per heavy atom. The van der Waals surface area contributed by atoms with E-state index < -0.39 is 0 Å². The van der Waals surface area contributed by atoms with Crippen LogP contribution in [0.5, 0.6) is 0 Å². The third-order valence-corrected chi connectivity index (χ3v) is 6.15. The van der Waals surface area contributed by atoms with E-state index in [4.69, 9.17) is 0 Å². The molecule has 0 spiro atoms. The first-order chi connectivity index (χ1) is 14.7. The van der Waals surface area contributed by atoms with Crippen molar-refractivity contribution in [2.24, 2.45) is 0 Å². The van der Waals surface area contributed by atoms with Gasteiger partial charge >= 0.3 is 0 Å². The van der Waals surface area contributed by atoms with E-state index in [1.54, 1.807) is 0 Å². The van der Waals surface area contributed by atoms with E-state index in [0.717, 1.165) is 38.4 Å². The molecular formula is C25H19N3OS. The minimum atomic E-state index is 0.0766. The molecule has 5 aromatic rings. The van der Waals surface area contributed by atoms with Crippen molar-refractivity contribution in [2.75, 3.05) is 5.75 Å². The summed E-state index contributed by atoms with van der Waals surface area (Å²) < 4.78 is 2.03. The monoisotopic (exact) mass is 409 g/mol. The van der Waals surface area contributed by atoms with Crippen LogP contribution >= 0.6 is 11.8 Å². The Kier molecular flexibility index (Phi) is 4.81. The first kappa shape index (κ1) is 18.6. The molecule has 0 amide bonds. The van der Waals surface area contributed by atoms with Crippen molar-refractivity contribution in [3.8, 4) is 11.1 Å². The Labute approximate surface area is 178 Å². The van der Waals surface area contributed by atoms with Crippen molar-refractivity contribution in [3.05, 3.63) is 96.1 Å². The van der Waals surface area contributed by atoms with E-state index in [2.05, 4.69) is 41.4 Å². The number of aromatic nitrogens is 3. The Morgan fingerprint density at radius 3 is 2.37 bits per heavy atom. The summed E-state index contributed by atoms with van der Waals surface area (Å²) >= 11 is 1.42. The van der Waals surface area contributed by atoms with Gasteiger partial charge in [-0.15, -0.1) is 10.2 Å². The summed E-state index contributed by atoms with van der Waals surface area (Å²) in [6, 6.07) is 28.2. The lowest BCUT2D eigenvalue weighted by Crippen LogP contribution is -2.03. The van der Waals surface area contributed by atoms with Crippen molar-refractivity contribution in [2.45, 2.75) is 12.1 Å². The summed E-state index contributed by atoms with van der Waals surface area (Å²) in [5.74, 6) is 0.390. The SMILES string of the molecule is Cc1cc2nnc(SCC(=O)c3ccc(-c4ccccc4)cc3)n2c2ccccc12. The number of nitrogens with zero attached hydrogens (tertiary/aromatic N) is 3. The third-order valence-electron chi connectivity index (χ3n) is 5.22. The summed E-state index contributed by atoms with van der Waals surface area (Å²) in [7, 11) is 0. The summed E-state index contributed by atoms with van der Waals surface area (Å²) in [5.41, 5.74) is 5.97. The highest BCUT2D eigenvalue weighted by molar-refractivity contribution is 7.99. The smallest absolute Gasteiger partial charge is 0.196 e. The van der Waals surface area contributed by atoms with Crippen molar-refractivity contribution in [3.63, 3.8) is 0 Å². The fraction of sp³-hybridized carbons (Fsp3) is 0.0800. The number of fused-ring (bicyclic) bond motifs is 3. The largest absolute Gasteiger partial charge is 0.293 e. The molecule has 0 saturated carbocycles. The number of benzene rings is 3. The van der Waals surface area contributed by atoms with E-state index in [1.165, 1.54) is 11.8 Å². The maximum Gasteiger partial charge on any atom is 0.196 e. The standard InChI is InChI=1S/C25H19N3OS/c1-17-15-24-26-27-25(28(24)22-10-6-5-9-21(17)22)30-16-23(29)20-13-11-19(12-14-20)18-7-3-2-4-8-18/h2-15H,16H2,1H3. The van der Waals surface area contributed by atoms with Crippen molar-refractivity contribution < 1.29 is 4.79 Å². The van der Waals surface area contributed by atoms with Crippen LogP contribution in [0.3, 0.4) is 0 Å². The minimum absolute atomic E-state index is 0.0766. The predicted octanol–water partition coefficient (Wildman–Crippen LogP) is 5.83. The zero-order valence-corrected chi connectivity index (χ0v) is 17.3. The zero-order valence-electron chi connectivity index (χ0n) is 16.4. The molecule has 0 aliphatic heterocycles. The summed E-state index contributed by atoms with van der Waals surface area (Å²) in [5, 5.41) is 10.5. The molecule has 4 nitrogen and oxygen atoms in total. The maximum atomic E-state index is 12.8. The van der Waals surface area contributed by atoms with Crippen LogP contribution in [0.4, 0.5) is 0 Å². The average molecular weight is 410 g/mol. The number of carbonyl (C=O) groups excluding carboxylic acids is 1. The molecule has 0 radical (unpaired) electrons. The molecule has 5 rings (SSSR count). The van der Waals surface area contributed by atoms with Crippen LogP contribution in [0.1, 0.15) is 15.9 Å². The highest BCUT2D eigenvalue weighted by atomic mass is 32.2. The highest BCUT2D eigenvalue weighted by Crippen LogP contribution is 2.26. The van der Waals surface area contributed by atoms with Crippen LogP contribution in [0.15, 0.2) is 90.1 Å². The van der Waals surface area contributed by atoms with Gasteiger partial charge in [-0.1, -0.05) is 84.6 Å². The van der Waals surface area contributed by atoms with Gasteiger partial charge in [-0.2, -0.15) is 0 Å². The third kappa shape index (κ3) is 3.37. The highest BCUT2D eigenvalue weighted by Gasteiger charge is 2.14. The van der Waals surface area contributed by atoms with Gasteiger partial charge in [-0.25, -0.2) is 0 Å². The van der Waals surface area contributed by atoms with Gasteiger partial charge < -0.3 is 0 Å². The molecule has 0 aliphatic rings. The van der Waals surface area contributed by atoms with Crippen LogP contribution in [-0.2, 0) is 0 Å². The fourth-order valence-electron chi connectivity index (χ4n) is 3.66. The van der Waals surface area contributed by atoms with Crippen LogP contribution in [0.2, 0.25) is 0 Å². The molecule has 0 N–H and O–H groups in total. The zero-order chi connectivity index (χ0) is 20.5. The molecule has 0 aliphatic carbocycles. The number of pyridine rings is 1. The lowest BCUT2D eigenvalue weighted by atomic mass is 10.0. The van der Waals surface area contributed by atoms with Crippen molar-refractivity contribution in [1.29, 1.82) is 0 Å². The molecule has 5 heteroatoms. The number of carbonyl (C=O) groups is 1. The van der Waals surface area contributed by atoms with Crippen LogP contribution < -0.4 is 0 Å². The van der Waals surface area contributed by atoms with Gasteiger partial charge in [0.2, 0.25) is 0 Å². The Bertz CT molecular complexity index is 1360. The van der Waals surface area contributed by atoms with Gasteiger partial charge in [0.1, 0.15) is 0 Å². The van der Waals surface area contributed by atoms with E-state index >= 15 is 0 Å². The Balaban J connectivity index is 1.38. The number of hydrogen-bond acceptors (Lipinski definition) is 4. The number of thioether (sulfide) groups is 1. The molecule has 0 atom stereocenters. The quantitative estimate of drug-likeness (QED) is 0.271. The minimum Gasteiger partial charge on any atom is -0.293 e.